The summed E-state index contributed by atoms with van der Waals surface area (Å²) in [5.74, 6) is -0.734. The predicted molar refractivity (Wildman–Crippen MR) is 72.3 cm³/mol. The second-order valence-electron chi connectivity index (χ2n) is 4.52. The van der Waals surface area contributed by atoms with Gasteiger partial charge in [-0.1, -0.05) is 29.3 Å². The highest BCUT2D eigenvalue weighted by molar-refractivity contribution is 6.42. The zero-order valence-corrected chi connectivity index (χ0v) is 11.5. The first kappa shape index (κ1) is 13.7. The van der Waals surface area contributed by atoms with Gasteiger partial charge in [0.15, 0.2) is 0 Å². The zero-order valence-electron chi connectivity index (χ0n) is 9.96. The fourth-order valence-corrected chi connectivity index (χ4v) is 2.74. The number of nitrogens with zero attached hydrogens (tertiary/aromatic N) is 1. The molecule has 1 aromatic carbocycles. The number of benzene rings is 1. The number of carboxylic acids is 1. The van der Waals surface area contributed by atoms with Gasteiger partial charge in [0.05, 0.1) is 10.0 Å². The first-order chi connectivity index (χ1) is 8.58. The maximum atomic E-state index is 10.5. The highest BCUT2D eigenvalue weighted by Gasteiger charge is 2.19. The molecular weight excluding hydrogens is 273 g/mol. The summed E-state index contributed by atoms with van der Waals surface area (Å²) in [5.41, 5.74) is 2.34. The van der Waals surface area contributed by atoms with Gasteiger partial charge in [-0.2, -0.15) is 0 Å². The molecule has 0 unspecified atom stereocenters. The van der Waals surface area contributed by atoms with Crippen molar-refractivity contribution in [3.8, 4) is 0 Å². The molecule has 1 aliphatic rings. The third kappa shape index (κ3) is 3.16. The molecule has 0 aliphatic carbocycles. The topological polar surface area (TPSA) is 40.5 Å². The van der Waals surface area contributed by atoms with E-state index in [-0.39, 0.29) is 6.42 Å². The van der Waals surface area contributed by atoms with Gasteiger partial charge >= 0.3 is 5.97 Å². The molecule has 1 aliphatic heterocycles. The van der Waals surface area contributed by atoms with Crippen molar-refractivity contribution in [3.05, 3.63) is 33.3 Å². The lowest BCUT2D eigenvalue weighted by Crippen LogP contribution is -2.31. The lowest BCUT2D eigenvalue weighted by atomic mass is 9.99. The van der Waals surface area contributed by atoms with Gasteiger partial charge in [0, 0.05) is 19.5 Å². The summed E-state index contributed by atoms with van der Waals surface area (Å²) >= 11 is 12.2. The average Bonchev–Trinajstić information content (AvgIpc) is 2.33. The van der Waals surface area contributed by atoms with Gasteiger partial charge < -0.3 is 5.11 Å². The van der Waals surface area contributed by atoms with Crippen molar-refractivity contribution < 1.29 is 9.90 Å². The number of halogens is 2. The summed E-state index contributed by atoms with van der Waals surface area (Å²) in [5, 5.41) is 9.89. The summed E-state index contributed by atoms with van der Waals surface area (Å²) in [6, 6.07) is 3.83. The molecule has 1 N–H and O–H groups in total. The SMILES string of the molecule is O=C(O)CCCN1CCc2c(ccc(Cl)c2Cl)C1. The Morgan fingerprint density at radius 1 is 1.39 bits per heavy atom. The average molecular weight is 288 g/mol. The lowest BCUT2D eigenvalue weighted by Gasteiger charge is -2.29. The Bertz CT molecular complexity index is 463. The van der Waals surface area contributed by atoms with Crippen LogP contribution in [0.4, 0.5) is 0 Å². The smallest absolute Gasteiger partial charge is 0.303 e. The number of aliphatic carboxylic acids is 1. The molecule has 0 saturated carbocycles. The summed E-state index contributed by atoms with van der Waals surface area (Å²) in [6.45, 7) is 2.55. The third-order valence-electron chi connectivity index (χ3n) is 3.23. The van der Waals surface area contributed by atoms with Crippen LogP contribution in [0.15, 0.2) is 12.1 Å². The van der Waals surface area contributed by atoms with Crippen molar-refractivity contribution in [3.63, 3.8) is 0 Å². The van der Waals surface area contributed by atoms with Crippen molar-refractivity contribution in [1.29, 1.82) is 0 Å². The van der Waals surface area contributed by atoms with Gasteiger partial charge in [-0.05, 0) is 36.6 Å². The van der Waals surface area contributed by atoms with Crippen molar-refractivity contribution in [1.82, 2.24) is 4.90 Å². The van der Waals surface area contributed by atoms with Gasteiger partial charge in [0.2, 0.25) is 0 Å². The zero-order chi connectivity index (χ0) is 13.1. The molecule has 2 rings (SSSR count). The van der Waals surface area contributed by atoms with Gasteiger partial charge in [-0.15, -0.1) is 0 Å². The largest absolute Gasteiger partial charge is 0.481 e. The van der Waals surface area contributed by atoms with Crippen LogP contribution >= 0.6 is 23.2 Å². The fourth-order valence-electron chi connectivity index (χ4n) is 2.29. The van der Waals surface area contributed by atoms with Crippen LogP contribution in [-0.4, -0.2) is 29.1 Å². The molecule has 1 aromatic rings. The summed E-state index contributed by atoms with van der Waals surface area (Å²) in [7, 11) is 0. The molecule has 18 heavy (non-hydrogen) atoms. The molecule has 0 fully saturated rings. The number of rotatable bonds is 4. The lowest BCUT2D eigenvalue weighted by molar-refractivity contribution is -0.137. The number of fused-ring (bicyclic) bond motifs is 1. The van der Waals surface area contributed by atoms with Crippen LogP contribution < -0.4 is 0 Å². The Kier molecular flexibility index (Phi) is 4.49. The Morgan fingerprint density at radius 2 is 2.17 bits per heavy atom. The van der Waals surface area contributed by atoms with Crippen LogP contribution in [0, 0.1) is 0 Å². The van der Waals surface area contributed by atoms with E-state index < -0.39 is 5.97 Å². The summed E-state index contributed by atoms with van der Waals surface area (Å²) in [4.78, 5) is 12.7. The standard InChI is InChI=1S/C13H15Cl2NO2/c14-11-4-3-9-8-16(6-1-2-12(17)18)7-5-10(9)13(11)15/h3-4H,1-2,5-8H2,(H,17,18). The minimum atomic E-state index is -0.734. The van der Waals surface area contributed by atoms with Gasteiger partial charge in [0.1, 0.15) is 0 Å². The molecule has 0 spiro atoms. The molecule has 0 bridgehead atoms. The number of hydrogen-bond donors (Lipinski definition) is 1. The Balaban J connectivity index is 1.98. The van der Waals surface area contributed by atoms with E-state index in [1.165, 1.54) is 5.56 Å². The Hall–Kier alpha value is -0.770. The highest BCUT2D eigenvalue weighted by Crippen LogP contribution is 2.32. The molecule has 0 radical (unpaired) electrons. The van der Waals surface area contributed by atoms with Gasteiger partial charge in [-0.3, -0.25) is 9.69 Å². The van der Waals surface area contributed by atoms with Crippen LogP contribution in [0.1, 0.15) is 24.0 Å². The number of carboxylic acid groups (broad SMARTS) is 1. The van der Waals surface area contributed by atoms with E-state index in [9.17, 15) is 4.79 Å². The number of hydrogen-bond acceptors (Lipinski definition) is 2. The second-order valence-corrected chi connectivity index (χ2v) is 5.31. The van der Waals surface area contributed by atoms with Crippen molar-refractivity contribution in [2.45, 2.75) is 25.8 Å². The van der Waals surface area contributed by atoms with E-state index in [0.29, 0.717) is 16.5 Å². The van der Waals surface area contributed by atoms with E-state index in [1.54, 1.807) is 0 Å². The van der Waals surface area contributed by atoms with E-state index in [2.05, 4.69) is 4.90 Å². The first-order valence-electron chi connectivity index (χ1n) is 5.98. The van der Waals surface area contributed by atoms with E-state index in [1.807, 2.05) is 12.1 Å². The highest BCUT2D eigenvalue weighted by atomic mass is 35.5. The molecular formula is C13H15Cl2NO2. The first-order valence-corrected chi connectivity index (χ1v) is 6.73. The molecule has 0 aromatic heterocycles. The molecule has 0 saturated heterocycles. The van der Waals surface area contributed by atoms with E-state index in [0.717, 1.165) is 31.6 Å². The molecule has 0 atom stereocenters. The molecule has 1 heterocycles. The number of carbonyl (C=O) groups is 1. The fraction of sp³-hybridized carbons (Fsp3) is 0.462. The van der Waals surface area contributed by atoms with Crippen molar-refractivity contribution >= 4 is 29.2 Å². The minimum absolute atomic E-state index is 0.227. The van der Waals surface area contributed by atoms with Gasteiger partial charge in [0.25, 0.3) is 0 Å². The van der Waals surface area contributed by atoms with Gasteiger partial charge in [-0.25, -0.2) is 0 Å². The normalized spacial score (nSPS) is 15.4. The van der Waals surface area contributed by atoms with Crippen molar-refractivity contribution in [2.75, 3.05) is 13.1 Å². The summed E-state index contributed by atoms with van der Waals surface area (Å²) in [6.07, 6.45) is 1.79. The molecule has 5 heteroatoms. The summed E-state index contributed by atoms with van der Waals surface area (Å²) < 4.78 is 0. The second kappa shape index (κ2) is 5.91. The Labute approximate surface area is 116 Å². The van der Waals surface area contributed by atoms with Crippen LogP contribution in [-0.2, 0) is 17.8 Å². The van der Waals surface area contributed by atoms with Crippen LogP contribution in [0.25, 0.3) is 0 Å². The van der Waals surface area contributed by atoms with E-state index in [4.69, 9.17) is 28.3 Å². The molecule has 3 nitrogen and oxygen atoms in total. The van der Waals surface area contributed by atoms with E-state index >= 15 is 0 Å². The monoisotopic (exact) mass is 287 g/mol. The quantitative estimate of drug-likeness (QED) is 0.924. The predicted octanol–water partition coefficient (Wildman–Crippen LogP) is 3.22. The maximum absolute atomic E-state index is 10.5. The molecule has 0 amide bonds. The molecule has 98 valence electrons. The van der Waals surface area contributed by atoms with Crippen molar-refractivity contribution in [2.24, 2.45) is 0 Å². The Morgan fingerprint density at radius 3 is 2.89 bits per heavy atom. The van der Waals surface area contributed by atoms with Crippen LogP contribution in [0.3, 0.4) is 0 Å². The third-order valence-corrected chi connectivity index (χ3v) is 4.07. The minimum Gasteiger partial charge on any atom is -0.481 e. The van der Waals surface area contributed by atoms with Crippen LogP contribution in [0.2, 0.25) is 10.0 Å². The maximum Gasteiger partial charge on any atom is 0.303 e. The van der Waals surface area contributed by atoms with Crippen LogP contribution in [0.5, 0.6) is 0 Å².